The van der Waals surface area contributed by atoms with Crippen LogP contribution in [0.5, 0.6) is 11.5 Å². The molecule has 0 spiro atoms. The van der Waals surface area contributed by atoms with Gasteiger partial charge in [0, 0.05) is 17.9 Å². The molecule has 3 nitrogen and oxygen atoms in total. The minimum atomic E-state index is 0.324. The van der Waals surface area contributed by atoms with Crippen molar-refractivity contribution in [2.45, 2.75) is 24.1 Å². The summed E-state index contributed by atoms with van der Waals surface area (Å²) in [5.74, 6) is 2.27. The lowest BCUT2D eigenvalue weighted by Gasteiger charge is -2.27. The summed E-state index contributed by atoms with van der Waals surface area (Å²) in [5, 5.41) is 0. The lowest BCUT2D eigenvalue weighted by atomic mass is 9.94. The second-order valence-corrected chi connectivity index (χ2v) is 6.12. The fourth-order valence-corrected chi connectivity index (χ4v) is 3.32. The van der Waals surface area contributed by atoms with E-state index in [2.05, 4.69) is 28.1 Å². The Labute approximate surface area is 122 Å². The summed E-state index contributed by atoms with van der Waals surface area (Å²) in [5.41, 5.74) is 1.25. The van der Waals surface area contributed by atoms with Crippen LogP contribution in [0.2, 0.25) is 0 Å². The topological polar surface area (TPSA) is 27.7 Å². The Hall–Kier alpha value is -0.740. The van der Waals surface area contributed by atoms with E-state index in [4.69, 9.17) is 14.2 Å². The van der Waals surface area contributed by atoms with Crippen LogP contribution in [0.15, 0.2) is 18.2 Å². The van der Waals surface area contributed by atoms with E-state index >= 15 is 0 Å². The molecule has 3 rings (SSSR count). The zero-order valence-electron chi connectivity index (χ0n) is 10.9. The fourth-order valence-electron chi connectivity index (χ4n) is 2.62. The summed E-state index contributed by atoms with van der Waals surface area (Å²) in [7, 11) is 0. The molecule has 0 aliphatic carbocycles. The van der Waals surface area contributed by atoms with Crippen LogP contribution in [0, 0.1) is 5.92 Å². The molecule has 1 saturated heterocycles. The summed E-state index contributed by atoms with van der Waals surface area (Å²) >= 11 is 3.82. The second-order valence-electron chi connectivity index (χ2n) is 5.14. The van der Waals surface area contributed by atoms with Crippen LogP contribution in [0.25, 0.3) is 0 Å². The maximum Gasteiger partial charge on any atom is 0.161 e. The van der Waals surface area contributed by atoms with E-state index in [0.717, 1.165) is 50.8 Å². The van der Waals surface area contributed by atoms with Crippen LogP contribution >= 0.6 is 15.9 Å². The number of hydrogen-bond donors (Lipinski definition) is 0. The highest BCUT2D eigenvalue weighted by atomic mass is 79.9. The molecule has 19 heavy (non-hydrogen) atoms. The molecule has 2 aliphatic rings. The standard InChI is InChI=1S/C15H19BrO3/c16-15(12-3-1-6-17-10-12)11-4-5-13-14(9-11)19-8-2-7-18-13/h4-5,9,12,15H,1-3,6-8,10H2. The lowest BCUT2D eigenvalue weighted by Crippen LogP contribution is -2.21. The van der Waals surface area contributed by atoms with E-state index in [0.29, 0.717) is 10.7 Å². The molecule has 2 aliphatic heterocycles. The first kappa shape index (κ1) is 13.3. The molecule has 104 valence electrons. The van der Waals surface area contributed by atoms with Gasteiger partial charge >= 0.3 is 0 Å². The summed E-state index contributed by atoms with van der Waals surface area (Å²) in [6.45, 7) is 3.21. The quantitative estimate of drug-likeness (QED) is 0.775. The lowest BCUT2D eigenvalue weighted by molar-refractivity contribution is 0.0546. The van der Waals surface area contributed by atoms with Crippen molar-refractivity contribution >= 4 is 15.9 Å². The summed E-state index contributed by atoms with van der Waals surface area (Å²) < 4.78 is 17.0. The zero-order valence-corrected chi connectivity index (χ0v) is 12.5. The Kier molecular flexibility index (Phi) is 4.28. The van der Waals surface area contributed by atoms with E-state index in [1.54, 1.807) is 0 Å². The zero-order chi connectivity index (χ0) is 13.1. The van der Waals surface area contributed by atoms with Gasteiger partial charge in [0.05, 0.1) is 19.8 Å². The van der Waals surface area contributed by atoms with Crippen molar-refractivity contribution < 1.29 is 14.2 Å². The molecule has 0 radical (unpaired) electrons. The molecule has 2 heterocycles. The van der Waals surface area contributed by atoms with Crippen LogP contribution in [0.4, 0.5) is 0 Å². The van der Waals surface area contributed by atoms with Gasteiger partial charge in [0.1, 0.15) is 0 Å². The molecule has 2 unspecified atom stereocenters. The third-order valence-corrected chi connectivity index (χ3v) is 4.98. The first-order valence-electron chi connectivity index (χ1n) is 6.96. The molecule has 0 bridgehead atoms. The Balaban J connectivity index is 1.78. The van der Waals surface area contributed by atoms with E-state index in [1.165, 1.54) is 12.0 Å². The van der Waals surface area contributed by atoms with E-state index < -0.39 is 0 Å². The molecular weight excluding hydrogens is 308 g/mol. The van der Waals surface area contributed by atoms with Crippen molar-refractivity contribution in [2.24, 2.45) is 5.92 Å². The smallest absolute Gasteiger partial charge is 0.161 e. The summed E-state index contributed by atoms with van der Waals surface area (Å²) in [6, 6.07) is 6.25. The normalized spacial score (nSPS) is 24.6. The highest BCUT2D eigenvalue weighted by Crippen LogP contribution is 2.40. The van der Waals surface area contributed by atoms with Gasteiger partial charge in [-0.2, -0.15) is 0 Å². The van der Waals surface area contributed by atoms with Crippen LogP contribution in [0.1, 0.15) is 29.7 Å². The van der Waals surface area contributed by atoms with Crippen molar-refractivity contribution in [3.05, 3.63) is 23.8 Å². The van der Waals surface area contributed by atoms with Crippen LogP contribution in [-0.2, 0) is 4.74 Å². The number of halogens is 1. The first-order chi connectivity index (χ1) is 9.34. The highest BCUT2D eigenvalue weighted by molar-refractivity contribution is 9.09. The van der Waals surface area contributed by atoms with Gasteiger partial charge in [-0.05, 0) is 36.5 Å². The van der Waals surface area contributed by atoms with Crippen molar-refractivity contribution in [3.8, 4) is 11.5 Å². The summed E-state index contributed by atoms with van der Waals surface area (Å²) in [4.78, 5) is 0.324. The molecule has 1 aromatic rings. The monoisotopic (exact) mass is 326 g/mol. The molecule has 1 fully saturated rings. The maximum atomic E-state index is 5.75. The Morgan fingerprint density at radius 3 is 2.68 bits per heavy atom. The number of rotatable bonds is 2. The van der Waals surface area contributed by atoms with Crippen molar-refractivity contribution in [2.75, 3.05) is 26.4 Å². The van der Waals surface area contributed by atoms with E-state index in [1.807, 2.05) is 6.07 Å². The molecule has 2 atom stereocenters. The Morgan fingerprint density at radius 2 is 1.89 bits per heavy atom. The molecule has 4 heteroatoms. The van der Waals surface area contributed by atoms with Gasteiger partial charge in [0.25, 0.3) is 0 Å². The number of alkyl halides is 1. The van der Waals surface area contributed by atoms with Crippen molar-refractivity contribution in [3.63, 3.8) is 0 Å². The predicted molar refractivity (Wildman–Crippen MR) is 77.3 cm³/mol. The SMILES string of the molecule is BrC(c1ccc2c(c1)OCCCO2)C1CCCOC1. The molecule has 0 aromatic heterocycles. The van der Waals surface area contributed by atoms with Gasteiger partial charge in [-0.1, -0.05) is 22.0 Å². The maximum absolute atomic E-state index is 5.75. The molecule has 0 amide bonds. The van der Waals surface area contributed by atoms with Gasteiger partial charge in [0.15, 0.2) is 11.5 Å². The minimum absolute atomic E-state index is 0.324. The average Bonchev–Trinajstić information content (AvgIpc) is 2.72. The molecule has 1 aromatic carbocycles. The highest BCUT2D eigenvalue weighted by Gasteiger charge is 2.24. The third kappa shape index (κ3) is 3.06. The van der Waals surface area contributed by atoms with Gasteiger partial charge in [0.2, 0.25) is 0 Å². The molecule has 0 saturated carbocycles. The minimum Gasteiger partial charge on any atom is -0.490 e. The first-order valence-corrected chi connectivity index (χ1v) is 7.87. The van der Waals surface area contributed by atoms with Gasteiger partial charge in [-0.3, -0.25) is 0 Å². The predicted octanol–water partition coefficient (Wildman–Crippen LogP) is 3.71. The second kappa shape index (κ2) is 6.14. The third-order valence-electron chi connectivity index (χ3n) is 3.70. The Morgan fingerprint density at radius 1 is 1.05 bits per heavy atom. The Bertz CT molecular complexity index is 429. The van der Waals surface area contributed by atoms with Crippen molar-refractivity contribution in [1.82, 2.24) is 0 Å². The van der Waals surface area contributed by atoms with Crippen LogP contribution < -0.4 is 9.47 Å². The van der Waals surface area contributed by atoms with Gasteiger partial charge in [-0.25, -0.2) is 0 Å². The van der Waals surface area contributed by atoms with Gasteiger partial charge < -0.3 is 14.2 Å². The number of hydrogen-bond acceptors (Lipinski definition) is 3. The van der Waals surface area contributed by atoms with Crippen LogP contribution in [0.3, 0.4) is 0 Å². The van der Waals surface area contributed by atoms with E-state index in [9.17, 15) is 0 Å². The number of fused-ring (bicyclic) bond motifs is 1. The average molecular weight is 327 g/mol. The number of benzene rings is 1. The summed E-state index contributed by atoms with van der Waals surface area (Å²) in [6.07, 6.45) is 3.31. The fraction of sp³-hybridized carbons (Fsp3) is 0.600. The number of ether oxygens (including phenoxy) is 3. The molecule has 0 N–H and O–H groups in total. The van der Waals surface area contributed by atoms with Crippen molar-refractivity contribution in [1.29, 1.82) is 0 Å². The van der Waals surface area contributed by atoms with Gasteiger partial charge in [-0.15, -0.1) is 0 Å². The largest absolute Gasteiger partial charge is 0.490 e. The van der Waals surface area contributed by atoms with E-state index in [-0.39, 0.29) is 0 Å². The van der Waals surface area contributed by atoms with Crippen LogP contribution in [-0.4, -0.2) is 26.4 Å². The molecular formula is C15H19BrO3.